The lowest BCUT2D eigenvalue weighted by molar-refractivity contribution is 0.354. The lowest BCUT2D eigenvalue weighted by atomic mass is 10.4. The molecular formula is C12H19ClN2O2S. The number of rotatable bonds is 7. The van der Waals surface area contributed by atoms with Crippen LogP contribution in [0.2, 0.25) is 5.02 Å². The van der Waals surface area contributed by atoms with Crippen molar-refractivity contribution in [3.8, 4) is 0 Å². The number of benzene rings is 1. The summed E-state index contributed by atoms with van der Waals surface area (Å²) in [5, 5.41) is 3.57. The zero-order valence-electron chi connectivity index (χ0n) is 10.7. The van der Waals surface area contributed by atoms with Gasteiger partial charge in [-0.2, -0.15) is 0 Å². The monoisotopic (exact) mass is 290 g/mol. The van der Waals surface area contributed by atoms with Gasteiger partial charge >= 0.3 is 0 Å². The highest BCUT2D eigenvalue weighted by atomic mass is 35.5. The van der Waals surface area contributed by atoms with Crippen molar-refractivity contribution < 1.29 is 8.42 Å². The highest BCUT2D eigenvalue weighted by Gasteiger charge is 2.14. The highest BCUT2D eigenvalue weighted by Crippen LogP contribution is 2.15. The van der Waals surface area contributed by atoms with Gasteiger partial charge in [0.25, 0.3) is 0 Å². The Bertz CT molecular complexity index is 459. The van der Waals surface area contributed by atoms with E-state index >= 15 is 0 Å². The number of halogens is 1. The Balaban J connectivity index is 2.57. The van der Waals surface area contributed by atoms with Gasteiger partial charge in [-0.05, 0) is 38.4 Å². The van der Waals surface area contributed by atoms with Crippen molar-refractivity contribution >= 4 is 21.4 Å². The second kappa shape index (κ2) is 7.09. The normalized spacial score (nSPS) is 12.0. The summed E-state index contributed by atoms with van der Waals surface area (Å²) in [4.78, 5) is 2.32. The van der Waals surface area contributed by atoms with Crippen LogP contribution in [-0.4, -0.2) is 52.8 Å². The molecule has 0 amide bonds. The minimum Gasteiger partial charge on any atom is -0.318 e. The van der Waals surface area contributed by atoms with E-state index in [0.717, 1.165) is 13.1 Å². The fourth-order valence-corrected chi connectivity index (χ4v) is 2.91. The van der Waals surface area contributed by atoms with Gasteiger partial charge in [0.05, 0.1) is 10.6 Å². The fourth-order valence-electron chi connectivity index (χ4n) is 1.45. The van der Waals surface area contributed by atoms with E-state index in [-0.39, 0.29) is 5.75 Å². The van der Waals surface area contributed by atoms with E-state index in [0.29, 0.717) is 16.5 Å². The summed E-state index contributed by atoms with van der Waals surface area (Å²) in [5.74, 6) is 0.120. The third kappa shape index (κ3) is 4.94. The van der Waals surface area contributed by atoms with Crippen LogP contribution in [0.3, 0.4) is 0 Å². The molecule has 18 heavy (non-hydrogen) atoms. The zero-order chi connectivity index (χ0) is 13.6. The number of sulfone groups is 1. The summed E-state index contributed by atoms with van der Waals surface area (Å²) >= 11 is 5.74. The van der Waals surface area contributed by atoms with Gasteiger partial charge in [-0.15, -0.1) is 0 Å². The lowest BCUT2D eigenvalue weighted by Gasteiger charge is -2.16. The van der Waals surface area contributed by atoms with Crippen LogP contribution in [0.4, 0.5) is 0 Å². The van der Waals surface area contributed by atoms with E-state index in [1.807, 2.05) is 19.0 Å². The Kier molecular flexibility index (Phi) is 6.08. The standard InChI is InChI=1S/C12H19ClN2O2S/c1-14-7-8-15(2)9-10-18(16,17)12-5-3-11(13)4-6-12/h3-6,14H,7-10H2,1-2H3. The molecule has 4 nitrogen and oxygen atoms in total. The van der Waals surface area contributed by atoms with Crippen molar-refractivity contribution in [2.75, 3.05) is 39.5 Å². The van der Waals surface area contributed by atoms with Gasteiger partial charge in [0.1, 0.15) is 0 Å². The van der Waals surface area contributed by atoms with Crippen LogP contribution in [0, 0.1) is 0 Å². The van der Waals surface area contributed by atoms with Crippen molar-refractivity contribution in [1.82, 2.24) is 10.2 Å². The van der Waals surface area contributed by atoms with E-state index in [1.54, 1.807) is 24.3 Å². The van der Waals surface area contributed by atoms with Gasteiger partial charge in [0, 0.05) is 24.7 Å². The van der Waals surface area contributed by atoms with Gasteiger partial charge in [-0.3, -0.25) is 0 Å². The molecule has 0 saturated heterocycles. The lowest BCUT2D eigenvalue weighted by Crippen LogP contribution is -2.31. The first kappa shape index (κ1) is 15.4. The predicted octanol–water partition coefficient (Wildman–Crippen LogP) is 1.26. The molecule has 0 aliphatic carbocycles. The van der Waals surface area contributed by atoms with Crippen molar-refractivity contribution in [2.24, 2.45) is 0 Å². The molecule has 0 atom stereocenters. The Hall–Kier alpha value is -0.620. The van der Waals surface area contributed by atoms with Crippen LogP contribution in [0.15, 0.2) is 29.2 Å². The van der Waals surface area contributed by atoms with Crippen LogP contribution in [0.25, 0.3) is 0 Å². The van der Waals surface area contributed by atoms with Crippen LogP contribution in [0.1, 0.15) is 0 Å². The highest BCUT2D eigenvalue weighted by molar-refractivity contribution is 7.91. The van der Waals surface area contributed by atoms with Gasteiger partial charge in [-0.1, -0.05) is 11.6 Å². The number of hydrogen-bond donors (Lipinski definition) is 1. The van der Waals surface area contributed by atoms with E-state index in [9.17, 15) is 8.42 Å². The Labute approximate surface area is 114 Å². The Morgan fingerprint density at radius 2 is 1.83 bits per heavy atom. The van der Waals surface area contributed by atoms with E-state index in [2.05, 4.69) is 5.32 Å². The molecule has 0 unspecified atom stereocenters. The number of nitrogens with zero attached hydrogens (tertiary/aromatic N) is 1. The summed E-state index contributed by atoms with van der Waals surface area (Å²) in [5.41, 5.74) is 0. The molecule has 0 aliphatic rings. The van der Waals surface area contributed by atoms with Gasteiger partial charge in [0.2, 0.25) is 0 Å². The average Bonchev–Trinajstić information content (AvgIpc) is 2.34. The van der Waals surface area contributed by atoms with E-state index in [1.165, 1.54) is 0 Å². The molecule has 1 N–H and O–H groups in total. The molecule has 0 radical (unpaired) electrons. The second-order valence-electron chi connectivity index (χ2n) is 4.18. The molecule has 0 aromatic heterocycles. The maximum atomic E-state index is 12.0. The third-order valence-corrected chi connectivity index (χ3v) is 4.62. The molecule has 1 aromatic carbocycles. The molecule has 0 heterocycles. The Morgan fingerprint density at radius 1 is 1.22 bits per heavy atom. The minimum atomic E-state index is -3.22. The van der Waals surface area contributed by atoms with Crippen LogP contribution in [-0.2, 0) is 9.84 Å². The number of likely N-dealkylation sites (N-methyl/N-ethyl adjacent to an activating group) is 2. The number of nitrogens with one attached hydrogen (secondary N) is 1. The first-order valence-electron chi connectivity index (χ1n) is 5.77. The van der Waals surface area contributed by atoms with Gasteiger partial charge < -0.3 is 10.2 Å². The summed E-state index contributed by atoms with van der Waals surface area (Å²) in [6, 6.07) is 6.29. The SMILES string of the molecule is CNCCN(C)CCS(=O)(=O)c1ccc(Cl)cc1. The van der Waals surface area contributed by atoms with E-state index < -0.39 is 9.84 Å². The first-order chi connectivity index (χ1) is 8.45. The van der Waals surface area contributed by atoms with Crippen molar-refractivity contribution in [3.05, 3.63) is 29.3 Å². The molecule has 0 spiro atoms. The largest absolute Gasteiger partial charge is 0.318 e. The molecule has 0 saturated carbocycles. The maximum Gasteiger partial charge on any atom is 0.179 e. The predicted molar refractivity (Wildman–Crippen MR) is 74.9 cm³/mol. The summed E-state index contributed by atoms with van der Waals surface area (Å²) in [6.45, 7) is 2.19. The van der Waals surface area contributed by atoms with Crippen LogP contribution >= 0.6 is 11.6 Å². The zero-order valence-corrected chi connectivity index (χ0v) is 12.3. The Morgan fingerprint density at radius 3 is 2.39 bits per heavy atom. The topological polar surface area (TPSA) is 49.4 Å². The molecule has 1 aromatic rings. The van der Waals surface area contributed by atoms with Gasteiger partial charge in [0.15, 0.2) is 9.84 Å². The second-order valence-corrected chi connectivity index (χ2v) is 6.73. The summed E-state index contributed by atoms with van der Waals surface area (Å²) < 4.78 is 24.1. The number of hydrogen-bond acceptors (Lipinski definition) is 4. The third-order valence-electron chi connectivity index (χ3n) is 2.66. The quantitative estimate of drug-likeness (QED) is 0.821. The van der Waals surface area contributed by atoms with Crippen molar-refractivity contribution in [1.29, 1.82) is 0 Å². The molecule has 0 aliphatic heterocycles. The molecule has 0 bridgehead atoms. The van der Waals surface area contributed by atoms with Crippen LogP contribution in [0.5, 0.6) is 0 Å². The molecule has 6 heteroatoms. The maximum absolute atomic E-state index is 12.0. The summed E-state index contributed by atoms with van der Waals surface area (Å²) in [7, 11) is 0.567. The van der Waals surface area contributed by atoms with Crippen LogP contribution < -0.4 is 5.32 Å². The molecule has 1 rings (SSSR count). The van der Waals surface area contributed by atoms with Crippen molar-refractivity contribution in [3.63, 3.8) is 0 Å². The summed E-state index contributed by atoms with van der Waals surface area (Å²) in [6.07, 6.45) is 0. The smallest absolute Gasteiger partial charge is 0.179 e. The first-order valence-corrected chi connectivity index (χ1v) is 7.80. The molecular weight excluding hydrogens is 272 g/mol. The fraction of sp³-hybridized carbons (Fsp3) is 0.500. The van der Waals surface area contributed by atoms with Gasteiger partial charge in [-0.25, -0.2) is 8.42 Å². The van der Waals surface area contributed by atoms with E-state index in [4.69, 9.17) is 11.6 Å². The molecule has 0 fully saturated rings. The molecule has 102 valence electrons. The average molecular weight is 291 g/mol. The minimum absolute atomic E-state index is 0.120. The van der Waals surface area contributed by atoms with Crippen molar-refractivity contribution in [2.45, 2.75) is 4.90 Å².